The Morgan fingerprint density at radius 3 is 1.35 bits per heavy atom. The average molecular weight is 235 g/mol. The van der Waals surface area contributed by atoms with Crippen molar-refractivity contribution in [3.63, 3.8) is 0 Å². The van der Waals surface area contributed by atoms with E-state index in [4.69, 9.17) is 0 Å². The highest BCUT2D eigenvalue weighted by Gasteiger charge is 2.41. The van der Waals surface area contributed by atoms with E-state index in [9.17, 15) is 0 Å². The number of fused-ring (bicyclic) bond motifs is 3. The van der Waals surface area contributed by atoms with E-state index in [1.165, 1.54) is 77.0 Å². The zero-order chi connectivity index (χ0) is 11.5. The maximum absolute atomic E-state index is 4.03. The highest BCUT2D eigenvalue weighted by Crippen LogP contribution is 2.41. The lowest BCUT2D eigenvalue weighted by molar-refractivity contribution is 0.255. The Bertz CT molecular complexity index is 214. The first-order chi connectivity index (χ1) is 8.45. The molecule has 2 aliphatic carbocycles. The number of rotatable bonds is 0. The lowest BCUT2D eigenvalue weighted by Gasteiger charge is -2.28. The summed E-state index contributed by atoms with van der Waals surface area (Å²) >= 11 is 0. The van der Waals surface area contributed by atoms with Crippen LogP contribution >= 0.6 is 0 Å². The summed E-state index contributed by atoms with van der Waals surface area (Å²) in [7, 11) is 0. The molecule has 2 saturated carbocycles. The summed E-state index contributed by atoms with van der Waals surface area (Å²) in [6, 6.07) is 1.78. The predicted molar refractivity (Wildman–Crippen MR) is 73.1 cm³/mol. The maximum Gasteiger partial charge on any atom is 0.0101 e. The van der Waals surface area contributed by atoms with Crippen LogP contribution in [0, 0.1) is 11.8 Å². The number of hydrogen-bond acceptors (Lipinski definition) is 1. The second-order valence-corrected chi connectivity index (χ2v) is 6.69. The molecule has 1 heteroatoms. The molecule has 1 aliphatic heterocycles. The van der Waals surface area contributed by atoms with E-state index in [2.05, 4.69) is 5.32 Å². The van der Waals surface area contributed by atoms with Gasteiger partial charge in [0.1, 0.15) is 0 Å². The largest absolute Gasteiger partial charge is 0.311 e. The lowest BCUT2D eigenvalue weighted by atomic mass is 9.76. The summed E-state index contributed by atoms with van der Waals surface area (Å²) in [6.07, 6.45) is 17.9. The minimum Gasteiger partial charge on any atom is -0.311 e. The van der Waals surface area contributed by atoms with Gasteiger partial charge in [-0.25, -0.2) is 0 Å². The molecule has 1 nitrogen and oxygen atoms in total. The van der Waals surface area contributed by atoms with Crippen LogP contribution in [0.4, 0.5) is 0 Å². The van der Waals surface area contributed by atoms with Crippen molar-refractivity contribution in [2.24, 2.45) is 11.8 Å². The molecule has 3 aliphatic rings. The van der Waals surface area contributed by atoms with Gasteiger partial charge in [0.25, 0.3) is 0 Å². The molecule has 0 aromatic carbocycles. The van der Waals surface area contributed by atoms with E-state index >= 15 is 0 Å². The van der Waals surface area contributed by atoms with Gasteiger partial charge in [-0.2, -0.15) is 0 Å². The van der Waals surface area contributed by atoms with Gasteiger partial charge in [-0.15, -0.1) is 0 Å². The molecular weight excluding hydrogens is 206 g/mol. The number of hydrogen-bond donors (Lipinski definition) is 1. The van der Waals surface area contributed by atoms with Crippen molar-refractivity contribution in [2.45, 2.75) is 89.1 Å². The molecule has 0 aromatic rings. The predicted octanol–water partition coefficient (Wildman–Crippen LogP) is 4.27. The minimum absolute atomic E-state index is 0.892. The fourth-order valence-corrected chi connectivity index (χ4v) is 4.74. The molecule has 1 heterocycles. The molecule has 4 atom stereocenters. The van der Waals surface area contributed by atoms with Crippen molar-refractivity contribution in [1.82, 2.24) is 5.32 Å². The van der Waals surface area contributed by atoms with E-state index in [1.807, 2.05) is 0 Å². The SMILES string of the molecule is C1CCCC2C(CC1)NC1CCCCCCC12. The molecule has 17 heavy (non-hydrogen) atoms. The van der Waals surface area contributed by atoms with Crippen LogP contribution < -0.4 is 5.32 Å². The summed E-state index contributed by atoms with van der Waals surface area (Å²) in [4.78, 5) is 0. The molecule has 4 unspecified atom stereocenters. The van der Waals surface area contributed by atoms with Crippen LogP contribution in [0.15, 0.2) is 0 Å². The molecule has 3 fully saturated rings. The van der Waals surface area contributed by atoms with Gasteiger partial charge in [-0.05, 0) is 37.5 Å². The molecule has 0 radical (unpaired) electrons. The first-order valence-electron chi connectivity index (χ1n) is 8.21. The van der Waals surface area contributed by atoms with E-state index in [-0.39, 0.29) is 0 Å². The van der Waals surface area contributed by atoms with Gasteiger partial charge in [0.2, 0.25) is 0 Å². The van der Waals surface area contributed by atoms with E-state index in [0.29, 0.717) is 0 Å². The summed E-state index contributed by atoms with van der Waals surface area (Å²) < 4.78 is 0. The summed E-state index contributed by atoms with van der Waals surface area (Å²) in [6.45, 7) is 0. The average Bonchev–Trinajstić information content (AvgIpc) is 2.55. The molecule has 0 bridgehead atoms. The Hall–Kier alpha value is -0.0400. The van der Waals surface area contributed by atoms with Crippen LogP contribution in [0.1, 0.15) is 77.0 Å². The third-order valence-corrected chi connectivity index (χ3v) is 5.62. The molecule has 3 rings (SSSR count). The Morgan fingerprint density at radius 2 is 0.882 bits per heavy atom. The zero-order valence-electron chi connectivity index (χ0n) is 11.3. The third-order valence-electron chi connectivity index (χ3n) is 5.62. The normalized spacial score (nSPS) is 43.8. The lowest BCUT2D eigenvalue weighted by Crippen LogP contribution is -2.32. The Balaban J connectivity index is 1.69. The van der Waals surface area contributed by atoms with Crippen LogP contribution in [0.25, 0.3) is 0 Å². The molecule has 0 aromatic heterocycles. The van der Waals surface area contributed by atoms with Crippen molar-refractivity contribution in [2.75, 3.05) is 0 Å². The van der Waals surface area contributed by atoms with Crippen molar-refractivity contribution >= 4 is 0 Å². The zero-order valence-corrected chi connectivity index (χ0v) is 11.3. The molecule has 98 valence electrons. The van der Waals surface area contributed by atoms with Gasteiger partial charge in [-0.3, -0.25) is 0 Å². The van der Waals surface area contributed by atoms with Crippen molar-refractivity contribution < 1.29 is 0 Å². The number of nitrogens with one attached hydrogen (secondary N) is 1. The summed E-state index contributed by atoms with van der Waals surface area (Å²) in [5.41, 5.74) is 0. The van der Waals surface area contributed by atoms with Gasteiger partial charge >= 0.3 is 0 Å². The molecule has 1 saturated heterocycles. The van der Waals surface area contributed by atoms with Gasteiger partial charge in [0.05, 0.1) is 0 Å². The van der Waals surface area contributed by atoms with Crippen LogP contribution in [0.5, 0.6) is 0 Å². The minimum atomic E-state index is 0.892. The van der Waals surface area contributed by atoms with E-state index in [1.54, 1.807) is 0 Å². The quantitative estimate of drug-likeness (QED) is 0.661. The van der Waals surface area contributed by atoms with Crippen molar-refractivity contribution in [3.05, 3.63) is 0 Å². The smallest absolute Gasteiger partial charge is 0.0101 e. The second kappa shape index (κ2) is 5.73. The third kappa shape index (κ3) is 2.70. The van der Waals surface area contributed by atoms with Gasteiger partial charge in [0, 0.05) is 12.1 Å². The van der Waals surface area contributed by atoms with E-state index in [0.717, 1.165) is 23.9 Å². The fraction of sp³-hybridized carbons (Fsp3) is 1.00. The summed E-state index contributed by atoms with van der Waals surface area (Å²) in [5, 5.41) is 4.03. The van der Waals surface area contributed by atoms with Crippen LogP contribution in [-0.2, 0) is 0 Å². The van der Waals surface area contributed by atoms with Gasteiger partial charge in [0.15, 0.2) is 0 Å². The first kappa shape index (κ1) is 12.0. The van der Waals surface area contributed by atoms with Crippen molar-refractivity contribution in [1.29, 1.82) is 0 Å². The second-order valence-electron chi connectivity index (χ2n) is 6.69. The van der Waals surface area contributed by atoms with Crippen LogP contribution in [-0.4, -0.2) is 12.1 Å². The molecule has 1 N–H and O–H groups in total. The Labute approximate surface area is 107 Å². The monoisotopic (exact) mass is 235 g/mol. The Morgan fingerprint density at radius 1 is 0.471 bits per heavy atom. The Kier molecular flexibility index (Phi) is 4.05. The fourth-order valence-electron chi connectivity index (χ4n) is 4.74. The first-order valence-corrected chi connectivity index (χ1v) is 8.21. The van der Waals surface area contributed by atoms with Gasteiger partial charge in [-0.1, -0.05) is 51.4 Å². The topological polar surface area (TPSA) is 12.0 Å². The highest BCUT2D eigenvalue weighted by atomic mass is 15.0. The summed E-state index contributed by atoms with van der Waals surface area (Å²) in [5.74, 6) is 2.08. The molecule has 0 amide bonds. The van der Waals surface area contributed by atoms with Gasteiger partial charge < -0.3 is 5.32 Å². The highest BCUT2D eigenvalue weighted by molar-refractivity contribution is 4.98. The molecular formula is C16H29N. The van der Waals surface area contributed by atoms with Crippen LogP contribution in [0.3, 0.4) is 0 Å². The van der Waals surface area contributed by atoms with E-state index < -0.39 is 0 Å². The maximum atomic E-state index is 4.03. The van der Waals surface area contributed by atoms with Crippen LogP contribution in [0.2, 0.25) is 0 Å². The molecule has 0 spiro atoms. The van der Waals surface area contributed by atoms with Crippen molar-refractivity contribution in [3.8, 4) is 0 Å². The standard InChI is InChI=1S/C16H29N/c1-3-7-11-15-13(9-5-1)14-10-6-2-4-8-12-16(14)17-15/h13-17H,1-12H2.